The highest BCUT2D eigenvalue weighted by Gasteiger charge is 2.27. The van der Waals surface area contributed by atoms with E-state index in [4.69, 9.17) is 16.3 Å². The fourth-order valence-corrected chi connectivity index (χ4v) is 3.19. The summed E-state index contributed by atoms with van der Waals surface area (Å²) in [6.07, 6.45) is 3.29. The minimum atomic E-state index is -2.94. The van der Waals surface area contributed by atoms with Gasteiger partial charge in [-0.05, 0) is 36.8 Å². The van der Waals surface area contributed by atoms with E-state index < -0.39 is 12.7 Å². The van der Waals surface area contributed by atoms with Gasteiger partial charge in [-0.3, -0.25) is 0 Å². The Bertz CT molecular complexity index is 1000. The highest BCUT2D eigenvalue weighted by molar-refractivity contribution is 6.30. The topological polar surface area (TPSA) is 52.0 Å². The fraction of sp³-hybridized carbons (Fsp3) is 0.158. The van der Waals surface area contributed by atoms with Gasteiger partial charge in [0, 0.05) is 16.3 Å². The molecule has 1 N–H and O–H groups in total. The molecule has 0 bridgehead atoms. The van der Waals surface area contributed by atoms with E-state index in [1.54, 1.807) is 10.7 Å². The number of nitrogens with zero attached hydrogens (tertiary/aromatic N) is 3. The Morgan fingerprint density at radius 3 is 2.70 bits per heavy atom. The molecular formula is C19H15ClF2N4O. The highest BCUT2D eigenvalue weighted by atomic mass is 35.5. The number of aromatic nitrogens is 3. The van der Waals surface area contributed by atoms with Crippen molar-refractivity contribution in [1.82, 2.24) is 14.8 Å². The first-order valence-corrected chi connectivity index (χ1v) is 8.59. The maximum absolute atomic E-state index is 12.9. The van der Waals surface area contributed by atoms with Crippen LogP contribution in [0.1, 0.15) is 22.7 Å². The zero-order chi connectivity index (χ0) is 19.0. The van der Waals surface area contributed by atoms with Crippen LogP contribution in [0.2, 0.25) is 5.02 Å². The summed E-state index contributed by atoms with van der Waals surface area (Å²) in [7, 11) is 0. The Morgan fingerprint density at radius 1 is 1.19 bits per heavy atom. The number of hydrogen-bond acceptors (Lipinski definition) is 4. The van der Waals surface area contributed by atoms with E-state index in [0.29, 0.717) is 16.5 Å². The Morgan fingerprint density at radius 2 is 1.96 bits per heavy atom. The van der Waals surface area contributed by atoms with Crippen LogP contribution >= 0.6 is 11.6 Å². The van der Waals surface area contributed by atoms with Gasteiger partial charge in [0.05, 0.1) is 0 Å². The van der Waals surface area contributed by atoms with E-state index in [-0.39, 0.29) is 5.75 Å². The third-order valence-corrected chi connectivity index (χ3v) is 4.51. The van der Waals surface area contributed by atoms with Gasteiger partial charge in [0.15, 0.2) is 0 Å². The molecule has 2 heterocycles. The lowest BCUT2D eigenvalue weighted by Gasteiger charge is -2.26. The number of aryl methyl sites for hydroxylation is 1. The number of rotatable bonds is 4. The van der Waals surface area contributed by atoms with Gasteiger partial charge in [0.25, 0.3) is 0 Å². The minimum absolute atomic E-state index is 0.0438. The second-order valence-corrected chi connectivity index (χ2v) is 6.54. The smallest absolute Gasteiger partial charge is 0.387 e. The number of fused-ring (bicyclic) bond motifs is 1. The molecule has 4 rings (SSSR count). The van der Waals surface area contributed by atoms with E-state index in [9.17, 15) is 8.78 Å². The summed E-state index contributed by atoms with van der Waals surface area (Å²) in [5, 5.41) is 7.85. The summed E-state index contributed by atoms with van der Waals surface area (Å²) in [6, 6.07) is 12.0. The third kappa shape index (κ3) is 3.50. The molecule has 0 spiro atoms. The normalized spacial score (nSPS) is 15.9. The van der Waals surface area contributed by atoms with E-state index in [0.717, 1.165) is 16.8 Å². The lowest BCUT2D eigenvalue weighted by molar-refractivity contribution is -0.0506. The molecule has 3 aromatic rings. The summed E-state index contributed by atoms with van der Waals surface area (Å²) >= 11 is 6.12. The van der Waals surface area contributed by atoms with Gasteiger partial charge < -0.3 is 10.1 Å². The van der Waals surface area contributed by atoms with Crippen LogP contribution in [0.3, 0.4) is 0 Å². The molecule has 1 atom stereocenters. The van der Waals surface area contributed by atoms with Crippen LogP contribution in [0.15, 0.2) is 54.9 Å². The zero-order valence-corrected chi connectivity index (χ0v) is 15.0. The highest BCUT2D eigenvalue weighted by Crippen LogP contribution is 2.37. The van der Waals surface area contributed by atoms with Crippen molar-refractivity contribution in [3.8, 4) is 5.75 Å². The third-order valence-electron chi connectivity index (χ3n) is 4.28. The van der Waals surface area contributed by atoms with Crippen molar-refractivity contribution in [2.24, 2.45) is 0 Å². The van der Waals surface area contributed by atoms with E-state index >= 15 is 0 Å². The van der Waals surface area contributed by atoms with Gasteiger partial charge in [0.1, 0.15) is 18.1 Å². The van der Waals surface area contributed by atoms with Crippen molar-refractivity contribution in [2.75, 3.05) is 5.32 Å². The first-order chi connectivity index (χ1) is 13.0. The number of allylic oxidation sites excluding steroid dienone is 1. The van der Waals surface area contributed by atoms with Gasteiger partial charge in [-0.15, -0.1) is 0 Å². The van der Waals surface area contributed by atoms with Crippen LogP contribution in [0.5, 0.6) is 5.75 Å². The molecular weight excluding hydrogens is 374 g/mol. The van der Waals surface area contributed by atoms with Gasteiger partial charge in [0.2, 0.25) is 5.95 Å². The van der Waals surface area contributed by atoms with Crippen LogP contribution in [0.25, 0.3) is 5.70 Å². The van der Waals surface area contributed by atoms with Crippen molar-refractivity contribution in [1.29, 1.82) is 0 Å². The lowest BCUT2D eigenvalue weighted by Crippen LogP contribution is -2.21. The van der Waals surface area contributed by atoms with Gasteiger partial charge in [-0.1, -0.05) is 41.4 Å². The number of ether oxygens (including phenoxy) is 1. The summed E-state index contributed by atoms with van der Waals surface area (Å²) in [4.78, 5) is 4.22. The molecule has 5 nitrogen and oxygen atoms in total. The molecule has 1 aliphatic heterocycles. The molecule has 2 aromatic carbocycles. The second-order valence-electron chi connectivity index (χ2n) is 6.11. The second kappa shape index (κ2) is 7.00. The predicted molar refractivity (Wildman–Crippen MR) is 99.0 cm³/mol. The van der Waals surface area contributed by atoms with E-state index in [1.807, 2.05) is 37.3 Å². The molecule has 1 unspecified atom stereocenters. The van der Waals surface area contributed by atoms with Crippen molar-refractivity contribution in [2.45, 2.75) is 19.6 Å². The number of benzene rings is 2. The number of alkyl halides is 2. The van der Waals surface area contributed by atoms with Crippen LogP contribution in [0, 0.1) is 6.92 Å². The van der Waals surface area contributed by atoms with Crippen molar-refractivity contribution in [3.05, 3.63) is 76.6 Å². The Balaban J connectivity index is 1.83. The molecule has 0 saturated heterocycles. The average molecular weight is 389 g/mol. The lowest BCUT2D eigenvalue weighted by atomic mass is 10.0. The molecule has 0 radical (unpaired) electrons. The first-order valence-electron chi connectivity index (χ1n) is 8.21. The largest absolute Gasteiger partial charge is 0.434 e. The molecule has 0 fully saturated rings. The summed E-state index contributed by atoms with van der Waals surface area (Å²) in [6.45, 7) is -0.936. The molecule has 1 aliphatic rings. The molecule has 1 aromatic heterocycles. The molecule has 0 saturated carbocycles. The predicted octanol–water partition coefficient (Wildman–Crippen LogP) is 4.90. The maximum atomic E-state index is 12.9. The van der Waals surface area contributed by atoms with Crippen molar-refractivity contribution < 1.29 is 13.5 Å². The number of halogens is 3. The van der Waals surface area contributed by atoms with Crippen LogP contribution in [0.4, 0.5) is 14.7 Å². The number of anilines is 1. The maximum Gasteiger partial charge on any atom is 0.387 e. The minimum Gasteiger partial charge on any atom is -0.434 e. The summed E-state index contributed by atoms with van der Waals surface area (Å²) in [5.41, 5.74) is 3.35. The Kier molecular flexibility index (Phi) is 4.53. The van der Waals surface area contributed by atoms with E-state index in [2.05, 4.69) is 15.4 Å². The Hall–Kier alpha value is -2.93. The van der Waals surface area contributed by atoms with Crippen molar-refractivity contribution >= 4 is 23.2 Å². The van der Waals surface area contributed by atoms with Crippen molar-refractivity contribution in [3.63, 3.8) is 0 Å². The molecule has 8 heteroatoms. The summed E-state index contributed by atoms with van der Waals surface area (Å²) < 4.78 is 32.0. The fourth-order valence-electron chi connectivity index (χ4n) is 3.01. The Labute approximate surface area is 159 Å². The van der Waals surface area contributed by atoms with Crippen LogP contribution in [-0.4, -0.2) is 21.4 Å². The first kappa shape index (κ1) is 17.5. The zero-order valence-electron chi connectivity index (χ0n) is 14.2. The number of hydrogen-bond donors (Lipinski definition) is 1. The molecule has 138 valence electrons. The molecule has 0 aliphatic carbocycles. The summed E-state index contributed by atoms with van der Waals surface area (Å²) in [5.74, 6) is 0.545. The average Bonchev–Trinajstić information content (AvgIpc) is 3.11. The number of nitrogens with one attached hydrogen (secondary N) is 1. The van der Waals surface area contributed by atoms with Crippen LogP contribution in [-0.2, 0) is 0 Å². The molecule has 0 amide bonds. The van der Waals surface area contributed by atoms with Crippen LogP contribution < -0.4 is 10.1 Å². The molecule has 27 heavy (non-hydrogen) atoms. The monoisotopic (exact) mass is 388 g/mol. The SMILES string of the molecule is Cc1ccc(C2=CC(c3cc(Cl)ccc3OC(F)F)n3ncnc3N2)cc1. The van der Waals surface area contributed by atoms with Gasteiger partial charge in [-0.25, -0.2) is 4.68 Å². The van der Waals surface area contributed by atoms with Gasteiger partial charge in [-0.2, -0.15) is 18.9 Å². The van der Waals surface area contributed by atoms with Gasteiger partial charge >= 0.3 is 6.61 Å². The van der Waals surface area contributed by atoms with E-state index in [1.165, 1.54) is 18.5 Å². The quantitative estimate of drug-likeness (QED) is 0.690. The standard InChI is InChI=1S/C19H15ClF2N4O/c1-11-2-4-12(5-3-11)15-9-16(26-19(25-15)23-10-24-26)14-8-13(20)6-7-17(14)27-18(21)22/h2-10,16,18H,1H3,(H,23,24,25).